The van der Waals surface area contributed by atoms with Crippen LogP contribution in [0.2, 0.25) is 0 Å². The van der Waals surface area contributed by atoms with Crippen molar-refractivity contribution in [1.82, 2.24) is 10.2 Å². The van der Waals surface area contributed by atoms with Gasteiger partial charge in [-0.3, -0.25) is 4.90 Å². The van der Waals surface area contributed by atoms with E-state index < -0.39 is 21.9 Å². The van der Waals surface area contributed by atoms with Crippen molar-refractivity contribution in [3.63, 3.8) is 0 Å². The second-order valence-corrected chi connectivity index (χ2v) is 9.61. The Morgan fingerprint density at radius 1 is 1.31 bits per heavy atom. The molecule has 2 aliphatic heterocycles. The number of ether oxygens (including phenoxy) is 1. The molecule has 0 aromatic heterocycles. The molecule has 1 N–H and O–H groups in total. The predicted molar refractivity (Wildman–Crippen MR) is 104 cm³/mol. The molecular weight excluding hydrogens is 438 g/mol. The minimum Gasteiger partial charge on any atom is -0.444 e. The Bertz CT molecular complexity index is 950. The lowest BCUT2D eigenvalue weighted by Crippen LogP contribution is -2.68. The maximum atomic E-state index is 11.9. The van der Waals surface area contributed by atoms with Crippen LogP contribution < -0.4 is 24.0 Å². The quantitative estimate of drug-likeness (QED) is 0.542. The summed E-state index contributed by atoms with van der Waals surface area (Å²) in [7, 11) is -4.94. The van der Waals surface area contributed by atoms with Gasteiger partial charge in [0.15, 0.2) is 11.3 Å². The average molecular weight is 464 g/mol. The molecule has 10 heteroatoms. The van der Waals surface area contributed by atoms with E-state index in [-0.39, 0.29) is 5.41 Å². The number of hydrogen-bond acceptors (Lipinski definition) is 8. The van der Waals surface area contributed by atoms with E-state index >= 15 is 0 Å². The van der Waals surface area contributed by atoms with Crippen LogP contribution in [0, 0.1) is 33.1 Å². The molecule has 0 aromatic carbocycles. The Hall–Kier alpha value is -2.70. The molecule has 0 aromatic rings. The van der Waals surface area contributed by atoms with Crippen LogP contribution in [0.25, 0.3) is 0 Å². The second kappa shape index (κ2) is 9.43. The first-order valence-electron chi connectivity index (χ1n) is 9.82. The van der Waals surface area contributed by atoms with Crippen LogP contribution in [0.3, 0.4) is 0 Å². The van der Waals surface area contributed by atoms with Gasteiger partial charge in [-0.05, 0) is 46.3 Å². The first-order valence-corrected chi connectivity index (χ1v) is 11.1. The van der Waals surface area contributed by atoms with E-state index in [0.29, 0.717) is 13.0 Å². The monoisotopic (exact) mass is 463 g/mol. The van der Waals surface area contributed by atoms with Crippen LogP contribution >= 0.6 is 0 Å². The summed E-state index contributed by atoms with van der Waals surface area (Å²) >= 11 is 0. The summed E-state index contributed by atoms with van der Waals surface area (Å²) in [5, 5.41) is 11.8. The Morgan fingerprint density at radius 3 is 2.50 bits per heavy atom. The summed E-state index contributed by atoms with van der Waals surface area (Å²) in [6.07, 6.45) is 11.8. The van der Waals surface area contributed by atoms with Gasteiger partial charge in [0.2, 0.25) is 0 Å². The zero-order valence-corrected chi connectivity index (χ0v) is 19.4. The summed E-state index contributed by atoms with van der Waals surface area (Å²) in [5.74, 6) is 0. The van der Waals surface area contributed by atoms with Crippen LogP contribution in [-0.2, 0) is 4.74 Å². The topological polar surface area (TPSA) is 158 Å². The third-order valence-corrected chi connectivity index (χ3v) is 4.79. The van der Waals surface area contributed by atoms with Crippen LogP contribution in [0.1, 0.15) is 41.0 Å². The Kier molecular flexibility index (Phi) is 7.53. The van der Waals surface area contributed by atoms with Crippen LogP contribution in [0.15, 0.2) is 52.4 Å². The minimum atomic E-state index is -4.94. The molecule has 9 nitrogen and oxygen atoms in total. The molecule has 2 heterocycles. The largest absolute Gasteiger partial charge is 0.444 e. The fourth-order valence-electron chi connectivity index (χ4n) is 3.52. The van der Waals surface area contributed by atoms with Gasteiger partial charge in [-0.15, -0.1) is 10.2 Å². The third-order valence-electron chi connectivity index (χ3n) is 4.79. The first kappa shape index (κ1) is 25.6. The molecule has 3 rings (SSSR count). The number of hydrogen-bond donors (Lipinski definition) is 1. The maximum absolute atomic E-state index is 11.9. The molecule has 1 saturated heterocycles. The molecule has 32 heavy (non-hydrogen) atoms. The molecular formula is C22H26ClN3O6. The SMILES string of the molecule is CC(C)(C)OC(=O)NCC1=CC=C2C(=[C+]1)C(C)(C)C1=CC(CC#N)=CCN21.[O-][Cl+3]([O-])([O-])[O-]. The minimum absolute atomic E-state index is 0.202. The van der Waals surface area contributed by atoms with Crippen molar-refractivity contribution >= 4 is 6.09 Å². The predicted octanol–water partition coefficient (Wildman–Crippen LogP) is -0.612. The fourth-order valence-corrected chi connectivity index (χ4v) is 3.52. The van der Waals surface area contributed by atoms with Crippen molar-refractivity contribution in [3.05, 3.63) is 58.5 Å². The Labute approximate surface area is 190 Å². The second-order valence-electron chi connectivity index (χ2n) is 8.86. The number of rotatable bonds is 3. The van der Waals surface area contributed by atoms with Crippen molar-refractivity contribution in [2.75, 3.05) is 13.1 Å². The Morgan fingerprint density at radius 2 is 1.94 bits per heavy atom. The van der Waals surface area contributed by atoms with Crippen molar-refractivity contribution in [1.29, 1.82) is 5.26 Å². The van der Waals surface area contributed by atoms with E-state index in [1.165, 1.54) is 5.70 Å². The highest BCUT2D eigenvalue weighted by Crippen LogP contribution is 2.52. The van der Waals surface area contributed by atoms with E-state index in [4.69, 9.17) is 28.6 Å². The van der Waals surface area contributed by atoms with Gasteiger partial charge in [0.25, 0.3) is 0 Å². The van der Waals surface area contributed by atoms with Crippen molar-refractivity contribution < 1.29 is 38.4 Å². The molecule has 1 fully saturated rings. The molecule has 1 amide bonds. The van der Waals surface area contributed by atoms with Gasteiger partial charge < -0.3 is 10.1 Å². The van der Waals surface area contributed by atoms with E-state index in [1.54, 1.807) is 0 Å². The lowest BCUT2D eigenvalue weighted by atomic mass is 9.80. The number of nitriles is 1. The number of amides is 1. The van der Waals surface area contributed by atoms with Gasteiger partial charge in [-0.2, -0.15) is 5.26 Å². The summed E-state index contributed by atoms with van der Waals surface area (Å²) in [6, 6.07) is 2.23. The number of carbonyl (C=O) groups excluding carboxylic acids is 1. The van der Waals surface area contributed by atoms with Crippen LogP contribution in [0.5, 0.6) is 0 Å². The summed E-state index contributed by atoms with van der Waals surface area (Å²) in [6.45, 7) is 11.0. The zero-order valence-electron chi connectivity index (χ0n) is 18.7. The molecule has 172 valence electrons. The number of alkyl carbamates (subject to hydrolysis) is 1. The average Bonchev–Trinajstić information content (AvgIpc) is 2.85. The summed E-state index contributed by atoms with van der Waals surface area (Å²) in [5.41, 5.74) is 4.71. The van der Waals surface area contributed by atoms with Crippen LogP contribution in [-0.4, -0.2) is 29.7 Å². The zero-order chi connectivity index (χ0) is 24.3. The molecule has 0 spiro atoms. The van der Waals surface area contributed by atoms with Crippen LogP contribution in [0.4, 0.5) is 4.79 Å². The molecule has 1 aliphatic carbocycles. The standard InChI is InChI=1S/C22H25N3O2.ClHO4/c1-21(2,3)27-20(26)24-14-16-6-7-18-17(12-16)22(4,5)19-13-15(8-10-23)9-11-25(18)19;2-1(3,4)5/h6-7,9,13H,8,11,14H2,1-5H3;(H,2,3,4,5). The highest BCUT2D eigenvalue weighted by Gasteiger charge is 2.50. The van der Waals surface area contributed by atoms with E-state index in [0.717, 1.165) is 29.0 Å². The first-order chi connectivity index (χ1) is 14.6. The molecule has 3 aliphatic rings. The molecule has 0 unspecified atom stereocenters. The van der Waals surface area contributed by atoms with Crippen molar-refractivity contribution in [3.8, 4) is 6.07 Å². The normalized spacial score (nSPS) is 18.6. The number of nitrogens with zero attached hydrogens (tertiary/aromatic N) is 2. The fraction of sp³-hybridized carbons (Fsp3) is 0.455. The molecule has 0 saturated carbocycles. The molecule has 0 atom stereocenters. The van der Waals surface area contributed by atoms with E-state index in [1.807, 2.05) is 26.8 Å². The number of allylic oxidation sites excluding steroid dienone is 6. The summed E-state index contributed by atoms with van der Waals surface area (Å²) in [4.78, 5) is 14.2. The van der Waals surface area contributed by atoms with Gasteiger partial charge in [0, 0.05) is 5.70 Å². The van der Waals surface area contributed by atoms with Crippen molar-refractivity contribution in [2.45, 2.75) is 46.6 Å². The number of carbonyl (C=O) groups is 1. The van der Waals surface area contributed by atoms with Gasteiger partial charge >= 0.3 is 6.09 Å². The van der Waals surface area contributed by atoms with Gasteiger partial charge in [-0.25, -0.2) is 23.4 Å². The van der Waals surface area contributed by atoms with Gasteiger partial charge in [-0.1, -0.05) is 6.08 Å². The summed E-state index contributed by atoms with van der Waals surface area (Å²) < 4.78 is 39.3. The van der Waals surface area contributed by atoms with Gasteiger partial charge in [0.05, 0.1) is 49.2 Å². The smallest absolute Gasteiger partial charge is 0.408 e. The van der Waals surface area contributed by atoms with Crippen molar-refractivity contribution in [2.24, 2.45) is 5.41 Å². The third kappa shape index (κ3) is 6.90. The van der Waals surface area contributed by atoms with Gasteiger partial charge in [0.1, 0.15) is 11.2 Å². The lowest BCUT2D eigenvalue weighted by Gasteiger charge is -2.25. The Balaban J connectivity index is 0.000000654. The number of fused-ring (bicyclic) bond motifs is 3. The highest BCUT2D eigenvalue weighted by molar-refractivity contribution is 5.68. The maximum Gasteiger partial charge on any atom is 0.408 e. The highest BCUT2D eigenvalue weighted by atomic mass is 35.7. The molecule has 0 radical (unpaired) electrons. The molecule has 0 bridgehead atoms. The number of nitrogens with one attached hydrogen (secondary N) is 1. The lowest BCUT2D eigenvalue weighted by molar-refractivity contribution is -2.00. The number of halogens is 1. The van der Waals surface area contributed by atoms with E-state index in [9.17, 15) is 4.79 Å². The van der Waals surface area contributed by atoms with E-state index in [2.05, 4.69) is 54.4 Å².